The van der Waals surface area contributed by atoms with Crippen LogP contribution in [0.5, 0.6) is 0 Å². The third-order valence-electron chi connectivity index (χ3n) is 2.45. The number of hydrogen-bond donors (Lipinski definition) is 1. The van der Waals surface area contributed by atoms with Crippen molar-refractivity contribution in [2.24, 2.45) is 5.92 Å². The molecule has 15 heavy (non-hydrogen) atoms. The molecular weight excluding hydrogens is 188 g/mol. The van der Waals surface area contributed by atoms with E-state index in [-0.39, 0.29) is 0 Å². The Morgan fingerprint density at radius 2 is 2.13 bits per heavy atom. The van der Waals surface area contributed by atoms with E-state index >= 15 is 0 Å². The van der Waals surface area contributed by atoms with Gasteiger partial charge in [0.15, 0.2) is 0 Å². The van der Waals surface area contributed by atoms with E-state index in [9.17, 15) is 0 Å². The Bertz CT molecular complexity index is 280. The van der Waals surface area contributed by atoms with Crippen LogP contribution in [0.1, 0.15) is 39.9 Å². The van der Waals surface area contributed by atoms with Crippen molar-refractivity contribution >= 4 is 0 Å². The molecule has 0 saturated heterocycles. The topological polar surface area (TPSA) is 42.7 Å². The molecule has 1 aromatic heterocycles. The summed E-state index contributed by atoms with van der Waals surface area (Å²) in [7, 11) is 0. The number of nitrogens with one attached hydrogen (secondary N) is 1. The lowest BCUT2D eigenvalue weighted by molar-refractivity contribution is 0.444. The second-order valence-corrected chi connectivity index (χ2v) is 4.44. The van der Waals surface area contributed by atoms with Gasteiger partial charge in [0.2, 0.25) is 0 Å². The number of rotatable bonds is 6. The summed E-state index contributed by atoms with van der Waals surface area (Å²) in [4.78, 5) is 4.26. The van der Waals surface area contributed by atoms with E-state index in [0.717, 1.165) is 25.3 Å². The van der Waals surface area contributed by atoms with Gasteiger partial charge < -0.3 is 5.32 Å². The maximum absolute atomic E-state index is 4.26. The Balaban J connectivity index is 2.49. The van der Waals surface area contributed by atoms with Crippen LogP contribution in [0.15, 0.2) is 6.33 Å². The van der Waals surface area contributed by atoms with E-state index in [2.05, 4.69) is 43.1 Å². The molecule has 1 N–H and O–H groups in total. The van der Waals surface area contributed by atoms with Gasteiger partial charge in [0.05, 0.1) is 6.54 Å². The average Bonchev–Trinajstić information content (AvgIpc) is 2.61. The van der Waals surface area contributed by atoms with Gasteiger partial charge in [0.1, 0.15) is 12.2 Å². The van der Waals surface area contributed by atoms with Crippen molar-refractivity contribution in [3.63, 3.8) is 0 Å². The second-order valence-electron chi connectivity index (χ2n) is 4.44. The standard InChI is InChI=1S/C11H22N4/c1-5-10(4)12-6-11-13-8-14-15(11)7-9(2)3/h8-10,12H,5-7H2,1-4H3. The predicted molar refractivity (Wildman–Crippen MR) is 61.5 cm³/mol. The molecule has 0 fully saturated rings. The molecule has 4 nitrogen and oxygen atoms in total. The highest BCUT2D eigenvalue weighted by Crippen LogP contribution is 2.01. The van der Waals surface area contributed by atoms with E-state index in [1.807, 2.05) is 4.68 Å². The van der Waals surface area contributed by atoms with Crippen LogP contribution in [0, 0.1) is 5.92 Å². The summed E-state index contributed by atoms with van der Waals surface area (Å²) < 4.78 is 1.99. The van der Waals surface area contributed by atoms with E-state index in [0.29, 0.717) is 12.0 Å². The smallest absolute Gasteiger partial charge is 0.140 e. The van der Waals surface area contributed by atoms with Crippen molar-refractivity contribution in [3.8, 4) is 0 Å². The highest BCUT2D eigenvalue weighted by atomic mass is 15.3. The van der Waals surface area contributed by atoms with E-state index in [4.69, 9.17) is 0 Å². The first-order chi connectivity index (χ1) is 7.13. The van der Waals surface area contributed by atoms with Crippen molar-refractivity contribution in [3.05, 3.63) is 12.2 Å². The molecule has 1 unspecified atom stereocenters. The zero-order valence-corrected chi connectivity index (χ0v) is 10.2. The van der Waals surface area contributed by atoms with Gasteiger partial charge in [-0.3, -0.25) is 0 Å². The number of nitrogens with zero attached hydrogens (tertiary/aromatic N) is 3. The van der Waals surface area contributed by atoms with Gasteiger partial charge in [-0.25, -0.2) is 9.67 Å². The van der Waals surface area contributed by atoms with Crippen LogP contribution in [-0.2, 0) is 13.1 Å². The summed E-state index contributed by atoms with van der Waals surface area (Å²) in [6.45, 7) is 10.5. The zero-order valence-electron chi connectivity index (χ0n) is 10.2. The third kappa shape index (κ3) is 4.00. The minimum absolute atomic E-state index is 0.536. The lowest BCUT2D eigenvalue weighted by Crippen LogP contribution is -2.26. The molecule has 1 aromatic rings. The van der Waals surface area contributed by atoms with Crippen LogP contribution in [0.25, 0.3) is 0 Å². The van der Waals surface area contributed by atoms with Gasteiger partial charge in [-0.1, -0.05) is 20.8 Å². The SMILES string of the molecule is CCC(C)NCc1ncnn1CC(C)C. The molecule has 1 atom stereocenters. The van der Waals surface area contributed by atoms with Crippen LogP contribution in [0.4, 0.5) is 0 Å². The van der Waals surface area contributed by atoms with Gasteiger partial charge in [-0.2, -0.15) is 5.10 Å². The Hall–Kier alpha value is -0.900. The van der Waals surface area contributed by atoms with Crippen LogP contribution in [0.3, 0.4) is 0 Å². The summed E-state index contributed by atoms with van der Waals surface area (Å²) in [6.07, 6.45) is 2.77. The first-order valence-electron chi connectivity index (χ1n) is 5.73. The Morgan fingerprint density at radius 1 is 1.40 bits per heavy atom. The van der Waals surface area contributed by atoms with Crippen LogP contribution >= 0.6 is 0 Å². The first-order valence-corrected chi connectivity index (χ1v) is 5.73. The fraction of sp³-hybridized carbons (Fsp3) is 0.818. The molecule has 1 rings (SSSR count). The molecule has 0 saturated carbocycles. The maximum atomic E-state index is 4.26. The molecule has 0 radical (unpaired) electrons. The Morgan fingerprint density at radius 3 is 2.73 bits per heavy atom. The lowest BCUT2D eigenvalue weighted by Gasteiger charge is -2.12. The Kier molecular flexibility index (Phi) is 4.75. The maximum Gasteiger partial charge on any atom is 0.140 e. The minimum atomic E-state index is 0.536. The third-order valence-corrected chi connectivity index (χ3v) is 2.45. The van der Waals surface area contributed by atoms with Crippen LogP contribution < -0.4 is 5.32 Å². The molecular formula is C11H22N4. The van der Waals surface area contributed by atoms with Gasteiger partial charge in [0.25, 0.3) is 0 Å². The normalized spacial score (nSPS) is 13.4. The van der Waals surface area contributed by atoms with Gasteiger partial charge in [-0.15, -0.1) is 0 Å². The molecule has 0 aliphatic rings. The number of hydrogen-bond acceptors (Lipinski definition) is 3. The largest absolute Gasteiger partial charge is 0.307 e. The first kappa shape index (κ1) is 12.2. The summed E-state index contributed by atoms with van der Waals surface area (Å²) in [5, 5.41) is 7.65. The predicted octanol–water partition coefficient (Wildman–Crippen LogP) is 1.82. The van der Waals surface area contributed by atoms with Crippen molar-refractivity contribution < 1.29 is 0 Å². The minimum Gasteiger partial charge on any atom is -0.307 e. The zero-order chi connectivity index (χ0) is 11.3. The second kappa shape index (κ2) is 5.85. The van der Waals surface area contributed by atoms with Crippen molar-refractivity contribution in [1.82, 2.24) is 20.1 Å². The fourth-order valence-corrected chi connectivity index (χ4v) is 1.33. The van der Waals surface area contributed by atoms with Crippen molar-refractivity contribution in [2.45, 2.75) is 53.2 Å². The van der Waals surface area contributed by atoms with Crippen LogP contribution in [-0.4, -0.2) is 20.8 Å². The van der Waals surface area contributed by atoms with E-state index < -0.39 is 0 Å². The molecule has 4 heteroatoms. The van der Waals surface area contributed by atoms with E-state index in [1.165, 1.54) is 0 Å². The van der Waals surface area contributed by atoms with Crippen LogP contribution in [0.2, 0.25) is 0 Å². The highest BCUT2D eigenvalue weighted by Gasteiger charge is 2.06. The molecule has 0 aliphatic carbocycles. The number of aromatic nitrogens is 3. The molecule has 0 amide bonds. The van der Waals surface area contributed by atoms with Gasteiger partial charge >= 0.3 is 0 Å². The molecule has 0 aliphatic heterocycles. The van der Waals surface area contributed by atoms with Gasteiger partial charge in [0, 0.05) is 12.6 Å². The van der Waals surface area contributed by atoms with E-state index in [1.54, 1.807) is 6.33 Å². The highest BCUT2D eigenvalue weighted by molar-refractivity contribution is 4.84. The molecule has 0 aromatic carbocycles. The lowest BCUT2D eigenvalue weighted by atomic mass is 10.2. The van der Waals surface area contributed by atoms with Crippen molar-refractivity contribution in [2.75, 3.05) is 0 Å². The molecule has 1 heterocycles. The average molecular weight is 210 g/mol. The fourth-order valence-electron chi connectivity index (χ4n) is 1.33. The summed E-state index contributed by atoms with van der Waals surface area (Å²) in [5.41, 5.74) is 0. The molecule has 0 spiro atoms. The van der Waals surface area contributed by atoms with Crippen molar-refractivity contribution in [1.29, 1.82) is 0 Å². The summed E-state index contributed by atoms with van der Waals surface area (Å²) in [6, 6.07) is 0.536. The monoisotopic (exact) mass is 210 g/mol. The molecule has 0 bridgehead atoms. The summed E-state index contributed by atoms with van der Waals surface area (Å²) in [5.74, 6) is 1.64. The quantitative estimate of drug-likeness (QED) is 0.779. The Labute approximate surface area is 92.1 Å². The molecule has 86 valence electrons. The summed E-state index contributed by atoms with van der Waals surface area (Å²) >= 11 is 0. The van der Waals surface area contributed by atoms with Gasteiger partial charge in [-0.05, 0) is 19.3 Å².